The molecule has 4 rings (SSSR count). The van der Waals surface area contributed by atoms with E-state index >= 15 is 0 Å². The van der Waals surface area contributed by atoms with Crippen LogP contribution in [0.5, 0.6) is 5.75 Å². The van der Waals surface area contributed by atoms with Gasteiger partial charge in [-0.1, -0.05) is 18.5 Å². The number of nitrogens with zero attached hydrogens (tertiary/aromatic N) is 2. The maximum Gasteiger partial charge on any atom is 0.226 e. The molecule has 2 aromatic rings. The van der Waals surface area contributed by atoms with E-state index in [0.717, 1.165) is 53.8 Å². The molecule has 0 radical (unpaired) electrons. The summed E-state index contributed by atoms with van der Waals surface area (Å²) in [5.74, 6) is 2.11. The predicted octanol–water partition coefficient (Wildman–Crippen LogP) is 5.60. The van der Waals surface area contributed by atoms with Crippen LogP contribution in [0.1, 0.15) is 57.9 Å². The molecule has 2 saturated carbocycles. The second-order valence-corrected chi connectivity index (χ2v) is 8.74. The van der Waals surface area contributed by atoms with Crippen LogP contribution in [0.25, 0.3) is 10.9 Å². The second kappa shape index (κ2) is 8.28. The van der Waals surface area contributed by atoms with E-state index in [2.05, 4.69) is 22.9 Å². The minimum atomic E-state index is 0.219. The molecular weight excluding hydrogens is 372 g/mol. The number of hydrogen-bond acceptors (Lipinski definition) is 3. The summed E-state index contributed by atoms with van der Waals surface area (Å²) in [6.45, 7) is 5.46. The average Bonchev–Trinajstić information content (AvgIpc) is 3.52. The van der Waals surface area contributed by atoms with Gasteiger partial charge >= 0.3 is 0 Å². The number of carbonyl (C=O) groups excluding carboxylic acids is 1. The fourth-order valence-corrected chi connectivity index (χ4v) is 4.44. The highest BCUT2D eigenvalue weighted by Gasteiger charge is 2.37. The summed E-state index contributed by atoms with van der Waals surface area (Å²) < 4.78 is 5.62. The van der Waals surface area contributed by atoms with Crippen molar-refractivity contribution >= 4 is 28.4 Å². The van der Waals surface area contributed by atoms with Crippen LogP contribution in [0.2, 0.25) is 5.15 Å². The first-order chi connectivity index (χ1) is 13.5. The van der Waals surface area contributed by atoms with Crippen molar-refractivity contribution in [2.24, 2.45) is 11.8 Å². The molecule has 0 N–H and O–H groups in total. The standard InChI is InChI=1S/C23H29ClN2O2/c1-3-28-20-10-11-21-17(13-20)12-18(22(24)25-21)14-26(23(27)16-6-7-16)19-8-4-15(2)5-9-19/h10-13,15-16,19H,3-9,14H2,1-2H3. The minimum Gasteiger partial charge on any atom is -0.494 e. The molecular formula is C23H29ClN2O2. The van der Waals surface area contributed by atoms with E-state index in [1.54, 1.807) is 0 Å². The first-order valence-corrected chi connectivity index (χ1v) is 11.0. The van der Waals surface area contributed by atoms with Gasteiger partial charge < -0.3 is 9.64 Å². The van der Waals surface area contributed by atoms with Gasteiger partial charge in [0.25, 0.3) is 0 Å². The lowest BCUT2D eigenvalue weighted by Gasteiger charge is -2.36. The minimum absolute atomic E-state index is 0.219. The van der Waals surface area contributed by atoms with Crippen LogP contribution in [0.3, 0.4) is 0 Å². The SMILES string of the molecule is CCOc1ccc2nc(Cl)c(CN(C(=O)C3CC3)C3CCC(C)CC3)cc2c1. The topological polar surface area (TPSA) is 42.4 Å². The van der Waals surface area contributed by atoms with Crippen molar-refractivity contribution in [3.05, 3.63) is 35.0 Å². The molecule has 2 aliphatic carbocycles. The first kappa shape index (κ1) is 19.5. The van der Waals surface area contributed by atoms with E-state index in [1.807, 2.05) is 25.1 Å². The maximum absolute atomic E-state index is 13.0. The zero-order valence-corrected chi connectivity index (χ0v) is 17.5. The third kappa shape index (κ3) is 4.27. The van der Waals surface area contributed by atoms with E-state index in [-0.39, 0.29) is 5.92 Å². The van der Waals surface area contributed by atoms with Gasteiger partial charge in [0.2, 0.25) is 5.91 Å². The van der Waals surface area contributed by atoms with Crippen LogP contribution >= 0.6 is 11.6 Å². The monoisotopic (exact) mass is 400 g/mol. The third-order valence-corrected chi connectivity index (χ3v) is 6.43. The highest BCUT2D eigenvalue weighted by molar-refractivity contribution is 6.30. The van der Waals surface area contributed by atoms with E-state index in [0.29, 0.717) is 30.3 Å². The number of rotatable bonds is 6. The van der Waals surface area contributed by atoms with Crippen molar-refractivity contribution in [2.45, 2.75) is 65.0 Å². The van der Waals surface area contributed by atoms with Crippen molar-refractivity contribution in [1.29, 1.82) is 0 Å². The van der Waals surface area contributed by atoms with Crippen LogP contribution in [-0.4, -0.2) is 28.4 Å². The molecule has 1 heterocycles. The van der Waals surface area contributed by atoms with Crippen LogP contribution in [-0.2, 0) is 11.3 Å². The molecule has 0 atom stereocenters. The van der Waals surface area contributed by atoms with Gasteiger partial charge in [0.05, 0.1) is 12.1 Å². The van der Waals surface area contributed by atoms with Gasteiger partial charge in [-0.2, -0.15) is 0 Å². The Morgan fingerprint density at radius 3 is 2.61 bits per heavy atom. The van der Waals surface area contributed by atoms with Gasteiger partial charge in [0.15, 0.2) is 0 Å². The summed E-state index contributed by atoms with van der Waals surface area (Å²) >= 11 is 6.53. The molecule has 0 unspecified atom stereocenters. The van der Waals surface area contributed by atoms with Gasteiger partial charge in [-0.3, -0.25) is 4.79 Å². The number of carbonyl (C=O) groups is 1. The maximum atomic E-state index is 13.0. The molecule has 1 aromatic carbocycles. The van der Waals surface area contributed by atoms with Crippen LogP contribution in [0.15, 0.2) is 24.3 Å². The van der Waals surface area contributed by atoms with E-state index in [4.69, 9.17) is 16.3 Å². The van der Waals surface area contributed by atoms with Crippen LogP contribution in [0, 0.1) is 11.8 Å². The molecule has 1 aromatic heterocycles. The van der Waals surface area contributed by atoms with Crippen molar-refractivity contribution in [3.63, 3.8) is 0 Å². The summed E-state index contributed by atoms with van der Waals surface area (Å²) in [6, 6.07) is 8.25. The zero-order chi connectivity index (χ0) is 19.7. The van der Waals surface area contributed by atoms with Gasteiger partial charge in [-0.05, 0) is 75.6 Å². The molecule has 1 amide bonds. The Balaban J connectivity index is 1.62. The van der Waals surface area contributed by atoms with E-state index < -0.39 is 0 Å². The molecule has 0 spiro atoms. The number of fused-ring (bicyclic) bond motifs is 1. The second-order valence-electron chi connectivity index (χ2n) is 8.38. The third-order valence-electron chi connectivity index (χ3n) is 6.10. The van der Waals surface area contributed by atoms with E-state index in [9.17, 15) is 4.79 Å². The van der Waals surface area contributed by atoms with Gasteiger partial charge in [0, 0.05) is 29.5 Å². The molecule has 2 fully saturated rings. The molecule has 0 saturated heterocycles. The quantitative estimate of drug-likeness (QED) is 0.592. The van der Waals surface area contributed by atoms with Crippen LogP contribution < -0.4 is 4.74 Å². The highest BCUT2D eigenvalue weighted by Crippen LogP contribution is 2.36. The number of ether oxygens (including phenoxy) is 1. The number of aromatic nitrogens is 1. The Hall–Kier alpha value is -1.81. The van der Waals surface area contributed by atoms with Gasteiger partial charge in [-0.25, -0.2) is 4.98 Å². The van der Waals surface area contributed by atoms with Crippen molar-refractivity contribution < 1.29 is 9.53 Å². The lowest BCUT2D eigenvalue weighted by molar-refractivity contribution is -0.136. The summed E-state index contributed by atoms with van der Waals surface area (Å²) in [6.07, 6.45) is 6.63. The molecule has 0 aliphatic heterocycles. The van der Waals surface area contributed by atoms with Crippen molar-refractivity contribution in [1.82, 2.24) is 9.88 Å². The average molecular weight is 401 g/mol. The molecule has 28 heavy (non-hydrogen) atoms. The highest BCUT2D eigenvalue weighted by atomic mass is 35.5. The zero-order valence-electron chi connectivity index (χ0n) is 16.8. The van der Waals surface area contributed by atoms with Crippen molar-refractivity contribution in [3.8, 4) is 5.75 Å². The smallest absolute Gasteiger partial charge is 0.226 e. The summed E-state index contributed by atoms with van der Waals surface area (Å²) in [4.78, 5) is 19.7. The van der Waals surface area contributed by atoms with Crippen LogP contribution in [0.4, 0.5) is 0 Å². The molecule has 2 aliphatic rings. The predicted molar refractivity (Wildman–Crippen MR) is 113 cm³/mol. The largest absolute Gasteiger partial charge is 0.494 e. The first-order valence-electron chi connectivity index (χ1n) is 10.6. The fourth-order valence-electron chi connectivity index (χ4n) is 4.23. The Morgan fingerprint density at radius 1 is 1.18 bits per heavy atom. The fraction of sp³-hybridized carbons (Fsp3) is 0.565. The Kier molecular flexibility index (Phi) is 5.77. The number of pyridine rings is 1. The van der Waals surface area contributed by atoms with Gasteiger partial charge in [-0.15, -0.1) is 0 Å². The summed E-state index contributed by atoms with van der Waals surface area (Å²) in [7, 11) is 0. The number of halogens is 1. The number of hydrogen-bond donors (Lipinski definition) is 0. The number of amides is 1. The molecule has 5 heteroatoms. The van der Waals surface area contributed by atoms with E-state index in [1.165, 1.54) is 12.8 Å². The normalized spacial score (nSPS) is 22.2. The Morgan fingerprint density at radius 2 is 1.93 bits per heavy atom. The molecule has 0 bridgehead atoms. The summed E-state index contributed by atoms with van der Waals surface area (Å²) in [5.41, 5.74) is 1.78. The van der Waals surface area contributed by atoms with Crippen molar-refractivity contribution in [2.75, 3.05) is 6.61 Å². The summed E-state index contributed by atoms with van der Waals surface area (Å²) in [5, 5.41) is 1.50. The number of benzene rings is 1. The molecule has 4 nitrogen and oxygen atoms in total. The lowest BCUT2D eigenvalue weighted by Crippen LogP contribution is -2.42. The molecule has 150 valence electrons. The Bertz CT molecular complexity index is 857. The Labute approximate surface area is 172 Å². The van der Waals surface area contributed by atoms with Gasteiger partial charge in [0.1, 0.15) is 10.9 Å². The lowest BCUT2D eigenvalue weighted by atomic mass is 9.86.